The van der Waals surface area contributed by atoms with E-state index in [-0.39, 0.29) is 0 Å². The van der Waals surface area contributed by atoms with Crippen LogP contribution in [0.25, 0.3) is 76.1 Å². The number of hydrogen-bond acceptors (Lipinski definition) is 1. The van der Waals surface area contributed by atoms with Crippen molar-refractivity contribution in [3.63, 3.8) is 0 Å². The van der Waals surface area contributed by atoms with E-state index in [0.717, 1.165) is 17.1 Å². The van der Waals surface area contributed by atoms with Crippen LogP contribution in [0.4, 0.5) is 17.1 Å². The van der Waals surface area contributed by atoms with Crippen LogP contribution >= 0.6 is 0 Å². The van der Waals surface area contributed by atoms with Crippen LogP contribution in [-0.4, -0.2) is 0 Å². The Labute approximate surface area is 297 Å². The Bertz CT molecular complexity index is 2840. The standard InChI is InChI=1S/C50H33N/c1-2-12-36(13-3-1)49-32-39-16-8-9-17-40(39)33-50(49)42-22-26-47-41(28-42)18-19-43-31-46(25-27-48(43)47)51(44-23-20-34-10-4-6-14-37(34)29-44)45-24-21-35-11-5-7-15-38(35)30-45/h1-33H. The van der Waals surface area contributed by atoms with Gasteiger partial charge in [0.1, 0.15) is 0 Å². The molecule has 0 atom stereocenters. The van der Waals surface area contributed by atoms with Crippen LogP contribution in [0.1, 0.15) is 0 Å². The summed E-state index contributed by atoms with van der Waals surface area (Å²) in [6.45, 7) is 0. The van der Waals surface area contributed by atoms with E-state index in [1.807, 2.05) is 0 Å². The van der Waals surface area contributed by atoms with Crippen LogP contribution in [0.3, 0.4) is 0 Å². The third-order valence-corrected chi connectivity index (χ3v) is 10.3. The summed E-state index contributed by atoms with van der Waals surface area (Å²) < 4.78 is 0. The van der Waals surface area contributed by atoms with Crippen LogP contribution in [0, 0.1) is 0 Å². The van der Waals surface area contributed by atoms with Gasteiger partial charge in [-0.15, -0.1) is 0 Å². The molecule has 0 N–H and O–H groups in total. The van der Waals surface area contributed by atoms with Gasteiger partial charge in [0.25, 0.3) is 0 Å². The smallest absolute Gasteiger partial charge is 0.0468 e. The lowest BCUT2D eigenvalue weighted by Gasteiger charge is -2.26. The van der Waals surface area contributed by atoms with Crippen molar-refractivity contribution in [3.05, 3.63) is 200 Å². The molecule has 1 heteroatoms. The van der Waals surface area contributed by atoms with Crippen molar-refractivity contribution in [2.75, 3.05) is 4.90 Å². The molecule has 0 aliphatic heterocycles. The fraction of sp³-hybridized carbons (Fsp3) is 0. The van der Waals surface area contributed by atoms with Gasteiger partial charge < -0.3 is 4.90 Å². The van der Waals surface area contributed by atoms with Gasteiger partial charge in [0.15, 0.2) is 0 Å². The molecule has 1 nitrogen and oxygen atoms in total. The summed E-state index contributed by atoms with van der Waals surface area (Å²) in [5.74, 6) is 0. The minimum Gasteiger partial charge on any atom is -0.310 e. The lowest BCUT2D eigenvalue weighted by Crippen LogP contribution is -2.10. The third-order valence-electron chi connectivity index (χ3n) is 10.3. The highest BCUT2D eigenvalue weighted by molar-refractivity contribution is 6.10. The zero-order chi connectivity index (χ0) is 33.7. The van der Waals surface area contributed by atoms with Crippen LogP contribution in [0.5, 0.6) is 0 Å². The number of fused-ring (bicyclic) bond motifs is 6. The summed E-state index contributed by atoms with van der Waals surface area (Å²) >= 11 is 0. The molecule has 0 aliphatic carbocycles. The van der Waals surface area contributed by atoms with E-state index >= 15 is 0 Å². The second kappa shape index (κ2) is 12.0. The fourth-order valence-corrected chi connectivity index (χ4v) is 7.78. The van der Waals surface area contributed by atoms with Crippen molar-refractivity contribution in [1.82, 2.24) is 0 Å². The lowest BCUT2D eigenvalue weighted by molar-refractivity contribution is 1.30. The molecule has 0 fully saturated rings. The molecule has 0 heterocycles. The molecule has 0 aromatic heterocycles. The van der Waals surface area contributed by atoms with Gasteiger partial charge in [-0.2, -0.15) is 0 Å². The highest BCUT2D eigenvalue weighted by atomic mass is 15.1. The maximum Gasteiger partial charge on any atom is 0.0468 e. The molecule has 10 aromatic rings. The van der Waals surface area contributed by atoms with Crippen LogP contribution < -0.4 is 4.90 Å². The van der Waals surface area contributed by atoms with E-state index in [2.05, 4.69) is 205 Å². The van der Waals surface area contributed by atoms with Crippen LogP contribution in [0.2, 0.25) is 0 Å². The van der Waals surface area contributed by atoms with E-state index in [0.29, 0.717) is 0 Å². The number of nitrogens with zero attached hydrogens (tertiary/aromatic N) is 1. The molecule has 10 rings (SSSR count). The van der Waals surface area contributed by atoms with E-state index in [1.165, 1.54) is 76.1 Å². The normalized spacial score (nSPS) is 11.5. The Morgan fingerprint density at radius 1 is 0.235 bits per heavy atom. The highest BCUT2D eigenvalue weighted by Crippen LogP contribution is 2.41. The Kier molecular flexibility index (Phi) is 6.89. The SMILES string of the molecule is c1ccc(-c2cc3ccccc3cc2-c2ccc3c(ccc4cc(N(c5ccc6ccccc6c5)c5ccc6ccccc6c5)ccc43)c2)cc1. The average molecular weight is 648 g/mol. The first-order valence-corrected chi connectivity index (χ1v) is 17.6. The summed E-state index contributed by atoms with van der Waals surface area (Å²) in [6, 6.07) is 73.2. The summed E-state index contributed by atoms with van der Waals surface area (Å²) in [5, 5.41) is 12.4. The van der Waals surface area contributed by atoms with Gasteiger partial charge in [0.05, 0.1) is 0 Å². The summed E-state index contributed by atoms with van der Waals surface area (Å²) in [6.07, 6.45) is 0. The summed E-state index contributed by atoms with van der Waals surface area (Å²) in [7, 11) is 0. The maximum absolute atomic E-state index is 2.39. The van der Waals surface area contributed by atoms with Crippen molar-refractivity contribution in [3.8, 4) is 22.3 Å². The number of benzene rings is 10. The monoisotopic (exact) mass is 647 g/mol. The minimum absolute atomic E-state index is 1.13. The molecule has 0 saturated carbocycles. The van der Waals surface area contributed by atoms with Crippen LogP contribution in [0.15, 0.2) is 200 Å². The van der Waals surface area contributed by atoms with Gasteiger partial charge in [0.2, 0.25) is 0 Å². The molecule has 0 radical (unpaired) electrons. The largest absolute Gasteiger partial charge is 0.310 e. The first kappa shape index (κ1) is 29.2. The Morgan fingerprint density at radius 3 is 1.20 bits per heavy atom. The van der Waals surface area contributed by atoms with Gasteiger partial charge >= 0.3 is 0 Å². The third kappa shape index (κ3) is 5.19. The second-order valence-electron chi connectivity index (χ2n) is 13.4. The van der Waals surface area contributed by atoms with Crippen LogP contribution in [-0.2, 0) is 0 Å². The van der Waals surface area contributed by atoms with Crippen molar-refractivity contribution >= 4 is 70.9 Å². The van der Waals surface area contributed by atoms with Crippen molar-refractivity contribution in [2.45, 2.75) is 0 Å². The predicted octanol–water partition coefficient (Wildman–Crippen LogP) is 14.3. The molecule has 0 bridgehead atoms. The molecule has 0 aliphatic rings. The van der Waals surface area contributed by atoms with E-state index < -0.39 is 0 Å². The first-order valence-electron chi connectivity index (χ1n) is 17.6. The number of anilines is 3. The van der Waals surface area contributed by atoms with Gasteiger partial charge in [0, 0.05) is 17.1 Å². The van der Waals surface area contributed by atoms with Gasteiger partial charge in [-0.3, -0.25) is 0 Å². The van der Waals surface area contributed by atoms with Gasteiger partial charge in [-0.05, 0) is 131 Å². The Balaban J connectivity index is 1.11. The first-order chi connectivity index (χ1) is 25.2. The molecule has 10 aromatic carbocycles. The molecular weight excluding hydrogens is 615 g/mol. The van der Waals surface area contributed by atoms with Crippen molar-refractivity contribution in [1.29, 1.82) is 0 Å². The summed E-state index contributed by atoms with van der Waals surface area (Å²) in [5.41, 5.74) is 8.36. The van der Waals surface area contributed by atoms with Crippen molar-refractivity contribution < 1.29 is 0 Å². The fourth-order valence-electron chi connectivity index (χ4n) is 7.78. The van der Waals surface area contributed by atoms with E-state index in [9.17, 15) is 0 Å². The minimum atomic E-state index is 1.13. The molecular formula is C50H33N. The highest BCUT2D eigenvalue weighted by Gasteiger charge is 2.16. The molecule has 0 amide bonds. The van der Waals surface area contributed by atoms with E-state index in [1.54, 1.807) is 0 Å². The number of rotatable bonds is 5. The predicted molar refractivity (Wildman–Crippen MR) is 220 cm³/mol. The lowest BCUT2D eigenvalue weighted by atomic mass is 9.90. The Hall–Kier alpha value is -6.70. The van der Waals surface area contributed by atoms with Crippen molar-refractivity contribution in [2.24, 2.45) is 0 Å². The molecule has 51 heavy (non-hydrogen) atoms. The molecule has 0 saturated heterocycles. The molecule has 0 spiro atoms. The molecule has 0 unspecified atom stereocenters. The van der Waals surface area contributed by atoms with E-state index in [4.69, 9.17) is 0 Å². The maximum atomic E-state index is 2.39. The second-order valence-corrected chi connectivity index (χ2v) is 13.4. The topological polar surface area (TPSA) is 3.24 Å². The number of hydrogen-bond donors (Lipinski definition) is 0. The van der Waals surface area contributed by atoms with Gasteiger partial charge in [-0.1, -0.05) is 146 Å². The Morgan fingerprint density at radius 2 is 0.627 bits per heavy atom. The van der Waals surface area contributed by atoms with Gasteiger partial charge in [-0.25, -0.2) is 0 Å². The average Bonchev–Trinajstić information content (AvgIpc) is 3.20. The molecule has 238 valence electrons. The summed E-state index contributed by atoms with van der Waals surface area (Å²) in [4.78, 5) is 2.39. The quantitative estimate of drug-likeness (QED) is 0.168. The zero-order valence-corrected chi connectivity index (χ0v) is 28.0. The zero-order valence-electron chi connectivity index (χ0n) is 28.0.